The minimum absolute atomic E-state index is 0.143. The largest absolute Gasteiger partial charge is 0.378 e. The maximum Gasteiger partial charge on any atom is 0.222 e. The number of carbonyl (C=O) groups is 1. The summed E-state index contributed by atoms with van der Waals surface area (Å²) in [6, 6.07) is 0.337. The van der Waals surface area contributed by atoms with Crippen molar-refractivity contribution in [1.29, 1.82) is 0 Å². The van der Waals surface area contributed by atoms with Crippen molar-refractivity contribution in [2.24, 2.45) is 0 Å². The van der Waals surface area contributed by atoms with Crippen LogP contribution in [0.1, 0.15) is 44.9 Å². The van der Waals surface area contributed by atoms with Gasteiger partial charge in [-0.15, -0.1) is 11.6 Å². The highest BCUT2D eigenvalue weighted by atomic mass is 35.5. The van der Waals surface area contributed by atoms with Crippen LogP contribution in [0.3, 0.4) is 0 Å². The zero-order valence-corrected chi connectivity index (χ0v) is 10.3. The molecule has 1 atom stereocenters. The van der Waals surface area contributed by atoms with Gasteiger partial charge in [0.1, 0.15) is 0 Å². The maximum atomic E-state index is 11.7. The van der Waals surface area contributed by atoms with E-state index < -0.39 is 0 Å². The number of alkyl halides is 1. The van der Waals surface area contributed by atoms with Crippen LogP contribution in [-0.4, -0.2) is 30.0 Å². The van der Waals surface area contributed by atoms with Gasteiger partial charge in [0.2, 0.25) is 5.91 Å². The van der Waals surface area contributed by atoms with Gasteiger partial charge in [0.15, 0.2) is 0 Å². The minimum Gasteiger partial charge on any atom is -0.378 e. The number of rotatable bonds is 3. The van der Waals surface area contributed by atoms with E-state index in [0.717, 1.165) is 45.1 Å². The number of carbonyl (C=O) groups excluding carboxylic acids is 1. The van der Waals surface area contributed by atoms with Crippen molar-refractivity contribution in [2.45, 2.75) is 62.5 Å². The lowest BCUT2D eigenvalue weighted by atomic mass is 9.95. The smallest absolute Gasteiger partial charge is 0.222 e. The highest BCUT2D eigenvalue weighted by molar-refractivity contribution is 6.20. The Morgan fingerprint density at radius 2 is 2.00 bits per heavy atom. The van der Waals surface area contributed by atoms with E-state index in [9.17, 15) is 4.79 Å². The molecule has 0 bridgehead atoms. The third kappa shape index (κ3) is 3.63. The van der Waals surface area contributed by atoms with Gasteiger partial charge >= 0.3 is 0 Å². The molecule has 1 heterocycles. The molecule has 0 radical (unpaired) electrons. The molecule has 4 heteroatoms. The van der Waals surface area contributed by atoms with Crippen LogP contribution >= 0.6 is 11.6 Å². The second-order valence-electron chi connectivity index (χ2n) is 4.86. The lowest BCUT2D eigenvalue weighted by Gasteiger charge is -2.26. The molecule has 1 aliphatic carbocycles. The number of nitrogens with one attached hydrogen (secondary N) is 1. The first-order chi connectivity index (χ1) is 7.74. The zero-order valence-electron chi connectivity index (χ0n) is 9.58. The molecule has 2 aliphatic rings. The molecule has 92 valence electrons. The van der Waals surface area contributed by atoms with E-state index in [2.05, 4.69) is 5.32 Å². The summed E-state index contributed by atoms with van der Waals surface area (Å²) >= 11 is 6.02. The highest BCUT2D eigenvalue weighted by Crippen LogP contribution is 2.23. The minimum atomic E-state index is 0.143. The van der Waals surface area contributed by atoms with Crippen molar-refractivity contribution >= 4 is 17.5 Å². The Bertz CT molecular complexity index is 233. The Labute approximate surface area is 102 Å². The Morgan fingerprint density at radius 1 is 1.25 bits per heavy atom. The van der Waals surface area contributed by atoms with Crippen molar-refractivity contribution in [2.75, 3.05) is 6.61 Å². The van der Waals surface area contributed by atoms with Crippen LogP contribution in [0, 0.1) is 0 Å². The van der Waals surface area contributed by atoms with Gasteiger partial charge in [-0.25, -0.2) is 0 Å². The Hall–Kier alpha value is -0.280. The molecule has 1 unspecified atom stereocenters. The Morgan fingerprint density at radius 3 is 2.62 bits per heavy atom. The molecular formula is C12H20ClNO2. The standard InChI is InChI=1S/C12H20ClNO2/c13-9-3-5-10(6-4-9)14-12(15)8-11-2-1-7-16-11/h9-11H,1-8H2,(H,14,15). The SMILES string of the molecule is O=C(CC1CCCO1)NC1CCC(Cl)CC1. The number of hydrogen-bond acceptors (Lipinski definition) is 2. The normalized spacial score (nSPS) is 34.9. The first-order valence-electron chi connectivity index (χ1n) is 6.29. The molecule has 2 rings (SSSR count). The first-order valence-corrected chi connectivity index (χ1v) is 6.72. The Balaban J connectivity index is 1.66. The quantitative estimate of drug-likeness (QED) is 0.775. The van der Waals surface area contributed by atoms with Crippen molar-refractivity contribution in [1.82, 2.24) is 5.32 Å². The number of amides is 1. The molecule has 1 N–H and O–H groups in total. The molecule has 16 heavy (non-hydrogen) atoms. The third-order valence-electron chi connectivity index (χ3n) is 3.46. The second-order valence-corrected chi connectivity index (χ2v) is 5.47. The summed E-state index contributed by atoms with van der Waals surface area (Å²) in [7, 11) is 0. The van der Waals surface area contributed by atoms with Crippen molar-refractivity contribution in [3.63, 3.8) is 0 Å². The summed E-state index contributed by atoms with van der Waals surface area (Å²) < 4.78 is 5.45. The van der Waals surface area contributed by atoms with Crippen LogP contribution in [0.25, 0.3) is 0 Å². The van der Waals surface area contributed by atoms with Gasteiger partial charge in [-0.2, -0.15) is 0 Å². The molecule has 3 nitrogen and oxygen atoms in total. The molecule has 1 aliphatic heterocycles. The molecule has 2 fully saturated rings. The van der Waals surface area contributed by atoms with E-state index >= 15 is 0 Å². The summed E-state index contributed by atoms with van der Waals surface area (Å²) in [6.07, 6.45) is 6.89. The van der Waals surface area contributed by atoms with E-state index in [-0.39, 0.29) is 12.0 Å². The maximum absolute atomic E-state index is 11.7. The van der Waals surface area contributed by atoms with E-state index in [0.29, 0.717) is 17.8 Å². The van der Waals surface area contributed by atoms with Gasteiger partial charge in [0.25, 0.3) is 0 Å². The van der Waals surface area contributed by atoms with Crippen molar-refractivity contribution in [3.8, 4) is 0 Å². The lowest BCUT2D eigenvalue weighted by molar-refractivity contribution is -0.124. The predicted molar refractivity (Wildman–Crippen MR) is 63.6 cm³/mol. The summed E-state index contributed by atoms with van der Waals surface area (Å²) in [5.41, 5.74) is 0. The third-order valence-corrected chi connectivity index (χ3v) is 3.90. The molecular weight excluding hydrogens is 226 g/mol. The molecule has 0 aromatic rings. The van der Waals surface area contributed by atoms with Crippen molar-refractivity contribution in [3.05, 3.63) is 0 Å². The molecule has 0 aromatic carbocycles. The molecule has 0 aromatic heterocycles. The molecule has 1 saturated carbocycles. The van der Waals surface area contributed by atoms with Crippen LogP contribution in [0.4, 0.5) is 0 Å². The topological polar surface area (TPSA) is 38.3 Å². The van der Waals surface area contributed by atoms with E-state index in [1.54, 1.807) is 0 Å². The zero-order chi connectivity index (χ0) is 11.4. The predicted octanol–water partition coefficient (Wildman–Crippen LogP) is 2.22. The van der Waals surface area contributed by atoms with E-state index in [4.69, 9.17) is 16.3 Å². The van der Waals surface area contributed by atoms with Gasteiger partial charge in [0, 0.05) is 18.0 Å². The first kappa shape index (κ1) is 12.2. The highest BCUT2D eigenvalue weighted by Gasteiger charge is 2.23. The molecule has 1 saturated heterocycles. The van der Waals surface area contributed by atoms with Gasteiger partial charge in [-0.3, -0.25) is 4.79 Å². The number of halogens is 1. The fraction of sp³-hybridized carbons (Fsp3) is 0.917. The van der Waals surface area contributed by atoms with Crippen LogP contribution in [-0.2, 0) is 9.53 Å². The van der Waals surface area contributed by atoms with Gasteiger partial charge in [-0.1, -0.05) is 0 Å². The van der Waals surface area contributed by atoms with Crippen LogP contribution in [0.15, 0.2) is 0 Å². The summed E-state index contributed by atoms with van der Waals surface area (Å²) in [6.45, 7) is 0.815. The number of hydrogen-bond donors (Lipinski definition) is 1. The summed E-state index contributed by atoms with van der Waals surface area (Å²) in [4.78, 5) is 11.7. The van der Waals surface area contributed by atoms with Crippen LogP contribution < -0.4 is 5.32 Å². The average molecular weight is 246 g/mol. The fourth-order valence-corrected chi connectivity index (χ4v) is 2.75. The molecule has 0 spiro atoms. The van der Waals surface area contributed by atoms with Gasteiger partial charge < -0.3 is 10.1 Å². The fourth-order valence-electron chi connectivity index (χ4n) is 2.50. The average Bonchev–Trinajstić information content (AvgIpc) is 2.74. The Kier molecular flexibility index (Phi) is 4.47. The van der Waals surface area contributed by atoms with Crippen LogP contribution in [0.2, 0.25) is 0 Å². The lowest BCUT2D eigenvalue weighted by Crippen LogP contribution is -2.39. The second kappa shape index (κ2) is 5.87. The van der Waals surface area contributed by atoms with E-state index in [1.807, 2.05) is 0 Å². The van der Waals surface area contributed by atoms with Gasteiger partial charge in [0.05, 0.1) is 12.5 Å². The van der Waals surface area contributed by atoms with Gasteiger partial charge in [-0.05, 0) is 38.5 Å². The van der Waals surface area contributed by atoms with Crippen LogP contribution in [0.5, 0.6) is 0 Å². The monoisotopic (exact) mass is 245 g/mol. The summed E-state index contributed by atoms with van der Waals surface area (Å²) in [5.74, 6) is 0.143. The molecule has 1 amide bonds. The van der Waals surface area contributed by atoms with E-state index in [1.165, 1.54) is 0 Å². The number of ether oxygens (including phenoxy) is 1. The summed E-state index contributed by atoms with van der Waals surface area (Å²) in [5, 5.41) is 3.40. The van der Waals surface area contributed by atoms with Crippen molar-refractivity contribution < 1.29 is 9.53 Å².